The molecule has 0 spiro atoms. The fourth-order valence-corrected chi connectivity index (χ4v) is 6.43. The molecule has 238 valence electrons. The Morgan fingerprint density at radius 2 is 1.89 bits per heavy atom. The highest BCUT2D eigenvalue weighted by Gasteiger charge is 2.30. The van der Waals surface area contributed by atoms with Gasteiger partial charge >= 0.3 is 0 Å². The summed E-state index contributed by atoms with van der Waals surface area (Å²) in [6.45, 7) is 8.77. The molecule has 3 aromatic rings. The number of aryl methyl sites for hydroxylation is 2. The van der Waals surface area contributed by atoms with Crippen molar-refractivity contribution in [1.29, 1.82) is 0 Å². The zero-order chi connectivity index (χ0) is 31.9. The molecule has 13 heteroatoms. The van der Waals surface area contributed by atoms with E-state index in [1.165, 1.54) is 0 Å². The molecule has 9 nitrogen and oxygen atoms in total. The van der Waals surface area contributed by atoms with E-state index < -0.39 is 43.7 Å². The van der Waals surface area contributed by atoms with E-state index in [0.717, 1.165) is 54.1 Å². The second-order valence-corrected chi connectivity index (χ2v) is 13.7. The molecule has 0 bridgehead atoms. The topological polar surface area (TPSA) is 113 Å². The van der Waals surface area contributed by atoms with Crippen molar-refractivity contribution in [3.63, 3.8) is 0 Å². The molecule has 0 unspecified atom stereocenters. The first-order valence-electron chi connectivity index (χ1n) is 14.7. The van der Waals surface area contributed by atoms with E-state index in [2.05, 4.69) is 61.8 Å². The molecule has 0 aliphatic heterocycles. The zero-order valence-electron chi connectivity index (χ0n) is 25.1. The minimum atomic E-state index is -4.60. The maximum absolute atomic E-state index is 15.7. The minimum Gasteiger partial charge on any atom is -0.352 e. The molecular weight excluding hydrogens is 703 g/mol. The Labute approximate surface area is 271 Å². The van der Waals surface area contributed by atoms with Gasteiger partial charge in [-0.05, 0) is 122 Å². The second kappa shape index (κ2) is 15.5. The number of benzene rings is 2. The summed E-state index contributed by atoms with van der Waals surface area (Å²) in [7, 11) is -4.60. The third-order valence-corrected chi connectivity index (χ3v) is 9.63. The van der Waals surface area contributed by atoms with Gasteiger partial charge < -0.3 is 10.2 Å². The lowest BCUT2D eigenvalue weighted by molar-refractivity contribution is 0.0270. The Hall–Kier alpha value is -2.72. The van der Waals surface area contributed by atoms with E-state index >= 15 is 8.78 Å². The number of nitrogens with zero attached hydrogens (tertiary/aromatic N) is 2. The van der Waals surface area contributed by atoms with Crippen LogP contribution in [0.3, 0.4) is 0 Å². The molecule has 1 saturated carbocycles. The Bertz CT molecular complexity index is 1580. The van der Waals surface area contributed by atoms with E-state index in [-0.39, 0.29) is 13.2 Å². The number of halogens is 3. The average Bonchev–Trinajstić information content (AvgIpc) is 3.83. The van der Waals surface area contributed by atoms with Crippen molar-refractivity contribution < 1.29 is 26.8 Å². The average molecular weight is 742 g/mol. The maximum Gasteiger partial charge on any atom is 0.277 e. The zero-order valence-corrected chi connectivity index (χ0v) is 28.0. The number of carbonyl (C=O) groups is 1. The highest BCUT2D eigenvalue weighted by molar-refractivity contribution is 14.1. The van der Waals surface area contributed by atoms with Crippen molar-refractivity contribution in [2.75, 3.05) is 31.6 Å². The quantitative estimate of drug-likeness (QED) is 0.125. The van der Waals surface area contributed by atoms with Gasteiger partial charge in [0.25, 0.3) is 5.91 Å². The third kappa shape index (κ3) is 8.93. The smallest absolute Gasteiger partial charge is 0.277 e. The second-order valence-electron chi connectivity index (χ2n) is 10.8. The summed E-state index contributed by atoms with van der Waals surface area (Å²) < 4.78 is 61.3. The molecule has 1 amide bonds. The predicted octanol–water partition coefficient (Wildman–Crippen LogP) is 5.84. The molecule has 0 saturated heterocycles. The van der Waals surface area contributed by atoms with E-state index in [9.17, 15) is 13.2 Å². The molecule has 1 aliphatic carbocycles. The van der Waals surface area contributed by atoms with Gasteiger partial charge in [-0.25, -0.2) is 27.4 Å². The van der Waals surface area contributed by atoms with Gasteiger partial charge in [-0.2, -0.15) is 0 Å². The van der Waals surface area contributed by atoms with Crippen molar-refractivity contribution in [1.82, 2.24) is 20.1 Å². The van der Waals surface area contributed by atoms with E-state index in [4.69, 9.17) is 4.84 Å². The summed E-state index contributed by atoms with van der Waals surface area (Å²) >= 11 is 2.12. The fourth-order valence-electron chi connectivity index (χ4n) is 4.68. The number of hydroxylamine groups is 1. The van der Waals surface area contributed by atoms with Gasteiger partial charge in [-0.15, -0.1) is 0 Å². The van der Waals surface area contributed by atoms with Gasteiger partial charge in [0, 0.05) is 27.7 Å². The first-order valence-corrected chi connectivity index (χ1v) is 17.2. The largest absolute Gasteiger partial charge is 0.352 e. The number of carbonyl (C=O) groups excluding carboxylic acids is 1. The molecule has 1 heterocycles. The molecular formula is C31H38F2IN5O4S. The number of rotatable bonds is 16. The first kappa shape index (κ1) is 34.2. The summed E-state index contributed by atoms with van der Waals surface area (Å²) in [5.74, 6) is -3.70. The van der Waals surface area contributed by atoms with E-state index in [0.29, 0.717) is 29.3 Å². The lowest BCUT2D eigenvalue weighted by Crippen LogP contribution is -2.29. The van der Waals surface area contributed by atoms with Crippen LogP contribution in [0.5, 0.6) is 0 Å². The molecule has 4 rings (SSSR count). The van der Waals surface area contributed by atoms with Gasteiger partial charge in [0.1, 0.15) is 4.90 Å². The maximum atomic E-state index is 15.7. The monoisotopic (exact) mass is 741 g/mol. The van der Waals surface area contributed by atoms with E-state index in [1.807, 2.05) is 6.07 Å². The number of nitrogens with one attached hydrogen (secondary N) is 3. The molecule has 1 fully saturated rings. The van der Waals surface area contributed by atoms with E-state index in [1.54, 1.807) is 37.4 Å². The molecule has 44 heavy (non-hydrogen) atoms. The summed E-state index contributed by atoms with van der Waals surface area (Å²) in [6.07, 6.45) is 5.04. The van der Waals surface area contributed by atoms with Crippen LogP contribution in [0.4, 0.5) is 20.2 Å². The number of anilines is 2. The summed E-state index contributed by atoms with van der Waals surface area (Å²) in [6, 6.07) is 9.52. The number of aromatic nitrogens is 1. The van der Waals surface area contributed by atoms with Crippen LogP contribution in [-0.4, -0.2) is 50.5 Å². The molecule has 2 aromatic carbocycles. The summed E-state index contributed by atoms with van der Waals surface area (Å²) in [4.78, 5) is 24.1. The Morgan fingerprint density at radius 1 is 1.14 bits per heavy atom. The molecule has 0 atom stereocenters. The van der Waals surface area contributed by atoms with Crippen LogP contribution in [0.15, 0.2) is 47.5 Å². The third-order valence-electron chi connectivity index (χ3n) is 7.56. The molecule has 0 radical (unpaired) electrons. The molecule has 1 aliphatic rings. The minimum absolute atomic E-state index is 0.189. The van der Waals surface area contributed by atoms with Crippen LogP contribution in [-0.2, 0) is 27.8 Å². The van der Waals surface area contributed by atoms with Crippen LogP contribution < -0.4 is 15.5 Å². The normalized spacial score (nSPS) is 13.3. The van der Waals surface area contributed by atoms with Crippen molar-refractivity contribution in [3.8, 4) is 0 Å². The SMILES string of the molecule is CCN(CC)CCCc1ncccc1CNS(=O)(=O)c1cc(C(=O)NOCC2CC2)c(Nc2ccc(I)cc2C)c(F)c1F. The van der Waals surface area contributed by atoms with Gasteiger partial charge in [-0.3, -0.25) is 14.6 Å². The summed E-state index contributed by atoms with van der Waals surface area (Å²) in [5, 5.41) is 2.79. The fraction of sp³-hybridized carbons (Fsp3) is 0.419. The van der Waals surface area contributed by atoms with Gasteiger partial charge in [-0.1, -0.05) is 19.9 Å². The summed E-state index contributed by atoms with van der Waals surface area (Å²) in [5.41, 5.74) is 3.81. The van der Waals surface area contributed by atoms with Crippen molar-refractivity contribution in [2.24, 2.45) is 5.92 Å². The van der Waals surface area contributed by atoms with Crippen LogP contribution >= 0.6 is 22.6 Å². The van der Waals surface area contributed by atoms with Crippen molar-refractivity contribution in [2.45, 2.75) is 57.9 Å². The van der Waals surface area contributed by atoms with Gasteiger partial charge in [0.15, 0.2) is 11.6 Å². The van der Waals surface area contributed by atoms with Crippen LogP contribution in [0.1, 0.15) is 60.3 Å². The Kier molecular flexibility index (Phi) is 12.0. The highest BCUT2D eigenvalue weighted by atomic mass is 127. The Balaban J connectivity index is 1.60. The predicted molar refractivity (Wildman–Crippen MR) is 174 cm³/mol. The van der Waals surface area contributed by atoms with Gasteiger partial charge in [0.05, 0.1) is 17.9 Å². The number of hydrogen-bond acceptors (Lipinski definition) is 7. The standard InChI is InChI=1S/C31H38F2IN5O4S/c1-4-39(5-2)15-7-9-26-22(8-6-14-35-26)18-36-44(41,42)27-17-24(31(40)38-43-19-21-10-11-21)30(29(33)28(27)32)37-25-13-12-23(34)16-20(25)3/h6,8,12-14,16-17,21,36-37H,4-5,7,9-11,15,18-19H2,1-3H3,(H,38,40). The number of amides is 1. The Morgan fingerprint density at radius 3 is 2.57 bits per heavy atom. The van der Waals surface area contributed by atoms with Gasteiger partial charge in [0.2, 0.25) is 10.0 Å². The molecule has 1 aromatic heterocycles. The number of sulfonamides is 1. The van der Waals surface area contributed by atoms with Crippen molar-refractivity contribution >= 4 is 49.9 Å². The van der Waals surface area contributed by atoms with Crippen LogP contribution in [0.25, 0.3) is 0 Å². The number of pyridine rings is 1. The highest BCUT2D eigenvalue weighted by Crippen LogP contribution is 2.33. The number of hydrogen-bond donors (Lipinski definition) is 3. The van der Waals surface area contributed by atoms with Crippen LogP contribution in [0.2, 0.25) is 0 Å². The lowest BCUT2D eigenvalue weighted by Gasteiger charge is -2.18. The first-order chi connectivity index (χ1) is 21.0. The lowest BCUT2D eigenvalue weighted by atomic mass is 10.1. The molecule has 3 N–H and O–H groups in total. The van der Waals surface area contributed by atoms with Crippen molar-refractivity contribution in [3.05, 3.63) is 80.2 Å². The van der Waals surface area contributed by atoms with Crippen LogP contribution in [0, 0.1) is 28.0 Å².